The molecule has 1 aliphatic heterocycles. The van der Waals surface area contributed by atoms with Crippen LogP contribution in [-0.4, -0.2) is 30.5 Å². The van der Waals surface area contributed by atoms with Crippen molar-refractivity contribution in [2.24, 2.45) is 0 Å². The molecule has 0 radical (unpaired) electrons. The van der Waals surface area contributed by atoms with Crippen LogP contribution in [0, 0.1) is 5.82 Å². The molecule has 1 atom stereocenters. The van der Waals surface area contributed by atoms with E-state index < -0.39 is 11.7 Å². The summed E-state index contributed by atoms with van der Waals surface area (Å²) < 4.78 is 19.7. The largest absolute Gasteiger partial charge is 0.370 e. The second-order valence-corrected chi connectivity index (χ2v) is 6.69. The first kappa shape index (κ1) is 17.5. The number of carbonyl (C=O) groups is 1. The van der Waals surface area contributed by atoms with Crippen LogP contribution in [0.15, 0.2) is 36.4 Å². The van der Waals surface area contributed by atoms with E-state index in [9.17, 15) is 9.18 Å². The molecule has 7 heteroatoms. The highest BCUT2D eigenvalue weighted by molar-refractivity contribution is 6.34. The van der Waals surface area contributed by atoms with Crippen molar-refractivity contribution in [3.63, 3.8) is 0 Å². The summed E-state index contributed by atoms with van der Waals surface area (Å²) in [5, 5.41) is 1.07. The summed E-state index contributed by atoms with van der Waals surface area (Å²) in [5.74, 6) is -1.10. The van der Waals surface area contributed by atoms with Crippen LogP contribution in [0.3, 0.4) is 0 Å². The maximum atomic E-state index is 14.0. The van der Waals surface area contributed by atoms with Crippen molar-refractivity contribution >= 4 is 40.7 Å². The number of morpholine rings is 1. The molecule has 1 unspecified atom stereocenters. The molecule has 0 N–H and O–H groups in total. The number of ether oxygens (including phenoxy) is 1. The second-order valence-electron chi connectivity index (χ2n) is 5.41. The number of benzene rings is 2. The van der Waals surface area contributed by atoms with Crippen molar-refractivity contribution in [2.45, 2.75) is 6.10 Å². The van der Waals surface area contributed by atoms with Crippen LogP contribution in [0.2, 0.25) is 15.1 Å². The molecule has 2 aromatic rings. The van der Waals surface area contributed by atoms with E-state index in [-0.39, 0.29) is 23.2 Å². The molecule has 1 amide bonds. The van der Waals surface area contributed by atoms with Gasteiger partial charge in [0.1, 0.15) is 11.9 Å². The quantitative estimate of drug-likeness (QED) is 0.724. The van der Waals surface area contributed by atoms with Crippen LogP contribution in [0.5, 0.6) is 0 Å². The van der Waals surface area contributed by atoms with Crippen LogP contribution < -0.4 is 0 Å². The van der Waals surface area contributed by atoms with Gasteiger partial charge in [-0.15, -0.1) is 0 Å². The predicted octanol–water partition coefficient (Wildman–Crippen LogP) is 5.00. The van der Waals surface area contributed by atoms with Crippen LogP contribution in [0.4, 0.5) is 4.39 Å². The molecule has 1 fully saturated rings. The van der Waals surface area contributed by atoms with Crippen LogP contribution in [-0.2, 0) is 4.74 Å². The van der Waals surface area contributed by atoms with Gasteiger partial charge < -0.3 is 9.64 Å². The smallest absolute Gasteiger partial charge is 0.258 e. The van der Waals surface area contributed by atoms with Crippen molar-refractivity contribution < 1.29 is 13.9 Å². The molecule has 1 heterocycles. The van der Waals surface area contributed by atoms with Gasteiger partial charge in [-0.25, -0.2) is 4.39 Å². The van der Waals surface area contributed by atoms with Gasteiger partial charge in [0.15, 0.2) is 0 Å². The number of halogens is 4. The third kappa shape index (κ3) is 3.67. The minimum Gasteiger partial charge on any atom is -0.370 e. The first-order chi connectivity index (χ1) is 11.5. The molecule has 0 spiro atoms. The molecule has 0 aromatic heterocycles. The summed E-state index contributed by atoms with van der Waals surface area (Å²) in [6.07, 6.45) is -0.385. The predicted molar refractivity (Wildman–Crippen MR) is 92.5 cm³/mol. The van der Waals surface area contributed by atoms with Crippen molar-refractivity contribution in [3.05, 3.63) is 68.4 Å². The molecule has 1 saturated heterocycles. The van der Waals surface area contributed by atoms with Gasteiger partial charge in [-0.3, -0.25) is 4.79 Å². The SMILES string of the molecule is O=C(c1c(F)cccc1Cl)N1CCOC(c2cc(Cl)cc(Cl)c2)C1. The lowest BCUT2D eigenvalue weighted by molar-refractivity contribution is -0.0229. The Labute approximate surface area is 153 Å². The van der Waals surface area contributed by atoms with Gasteiger partial charge in [0.25, 0.3) is 5.91 Å². The van der Waals surface area contributed by atoms with Gasteiger partial charge >= 0.3 is 0 Å². The summed E-state index contributed by atoms with van der Waals surface area (Å²) in [6, 6.07) is 9.27. The fourth-order valence-corrected chi connectivity index (χ4v) is 3.44. The lowest BCUT2D eigenvalue weighted by Gasteiger charge is -2.33. The number of rotatable bonds is 2. The number of amides is 1. The molecular weight excluding hydrogens is 376 g/mol. The minimum absolute atomic E-state index is 0.0915. The Morgan fingerprint density at radius 2 is 1.88 bits per heavy atom. The Kier molecular flexibility index (Phi) is 5.30. The van der Waals surface area contributed by atoms with E-state index in [1.165, 1.54) is 23.1 Å². The Morgan fingerprint density at radius 3 is 2.54 bits per heavy atom. The van der Waals surface area contributed by atoms with Gasteiger partial charge in [0, 0.05) is 16.6 Å². The molecule has 2 aromatic carbocycles. The van der Waals surface area contributed by atoms with E-state index in [2.05, 4.69) is 0 Å². The van der Waals surface area contributed by atoms with E-state index in [1.807, 2.05) is 0 Å². The van der Waals surface area contributed by atoms with Crippen molar-refractivity contribution in [1.29, 1.82) is 0 Å². The second kappa shape index (κ2) is 7.28. The fourth-order valence-electron chi connectivity index (χ4n) is 2.66. The molecule has 1 aliphatic rings. The van der Waals surface area contributed by atoms with Gasteiger partial charge in [0.05, 0.1) is 23.7 Å². The lowest BCUT2D eigenvalue weighted by atomic mass is 10.1. The van der Waals surface area contributed by atoms with Gasteiger partial charge in [-0.2, -0.15) is 0 Å². The van der Waals surface area contributed by atoms with E-state index in [1.54, 1.807) is 18.2 Å². The first-order valence-electron chi connectivity index (χ1n) is 7.26. The number of carbonyl (C=O) groups excluding carboxylic acids is 1. The topological polar surface area (TPSA) is 29.5 Å². The molecular formula is C17H13Cl3FNO2. The highest BCUT2D eigenvalue weighted by atomic mass is 35.5. The zero-order chi connectivity index (χ0) is 17.3. The molecule has 0 bridgehead atoms. The van der Waals surface area contributed by atoms with Crippen LogP contribution >= 0.6 is 34.8 Å². The fraction of sp³-hybridized carbons (Fsp3) is 0.235. The van der Waals surface area contributed by atoms with E-state index in [0.29, 0.717) is 23.2 Å². The molecule has 126 valence electrons. The normalized spacial score (nSPS) is 17.8. The van der Waals surface area contributed by atoms with Crippen molar-refractivity contribution in [1.82, 2.24) is 4.90 Å². The Balaban J connectivity index is 1.84. The van der Waals surface area contributed by atoms with E-state index in [4.69, 9.17) is 39.5 Å². The Bertz CT molecular complexity index is 744. The van der Waals surface area contributed by atoms with Crippen LogP contribution in [0.25, 0.3) is 0 Å². The third-order valence-corrected chi connectivity index (χ3v) is 4.54. The molecule has 3 rings (SSSR count). The summed E-state index contributed by atoms with van der Waals surface area (Å²) in [6.45, 7) is 0.946. The standard InChI is InChI=1S/C17H13Cl3FNO2/c18-11-6-10(7-12(19)8-11)15-9-22(4-5-24-15)17(23)16-13(20)2-1-3-14(16)21/h1-3,6-8,15H,4-5,9H2. The highest BCUT2D eigenvalue weighted by Gasteiger charge is 2.29. The molecule has 0 saturated carbocycles. The van der Waals surface area contributed by atoms with Crippen LogP contribution in [0.1, 0.15) is 22.0 Å². The maximum absolute atomic E-state index is 14.0. The summed E-state index contributed by atoms with van der Waals surface area (Å²) in [4.78, 5) is 14.2. The van der Waals surface area contributed by atoms with E-state index >= 15 is 0 Å². The highest BCUT2D eigenvalue weighted by Crippen LogP contribution is 2.29. The maximum Gasteiger partial charge on any atom is 0.258 e. The lowest BCUT2D eigenvalue weighted by Crippen LogP contribution is -2.42. The number of hydrogen-bond acceptors (Lipinski definition) is 2. The summed E-state index contributed by atoms with van der Waals surface area (Å²) in [5.41, 5.74) is 0.647. The minimum atomic E-state index is -0.638. The zero-order valence-corrected chi connectivity index (χ0v) is 14.7. The number of hydrogen-bond donors (Lipinski definition) is 0. The van der Waals surface area contributed by atoms with Gasteiger partial charge in [0.2, 0.25) is 0 Å². The van der Waals surface area contributed by atoms with E-state index in [0.717, 1.165) is 5.56 Å². The molecule has 0 aliphatic carbocycles. The average Bonchev–Trinajstić information content (AvgIpc) is 2.54. The van der Waals surface area contributed by atoms with Crippen molar-refractivity contribution in [3.8, 4) is 0 Å². The van der Waals surface area contributed by atoms with Gasteiger partial charge in [-0.1, -0.05) is 40.9 Å². The first-order valence-corrected chi connectivity index (χ1v) is 8.40. The third-order valence-electron chi connectivity index (χ3n) is 3.79. The summed E-state index contributed by atoms with van der Waals surface area (Å²) in [7, 11) is 0. The Morgan fingerprint density at radius 1 is 1.17 bits per heavy atom. The molecule has 24 heavy (non-hydrogen) atoms. The van der Waals surface area contributed by atoms with Crippen molar-refractivity contribution in [2.75, 3.05) is 19.7 Å². The number of nitrogens with zero attached hydrogens (tertiary/aromatic N) is 1. The zero-order valence-electron chi connectivity index (χ0n) is 12.4. The molecule has 3 nitrogen and oxygen atoms in total. The van der Waals surface area contributed by atoms with Gasteiger partial charge in [-0.05, 0) is 35.9 Å². The summed E-state index contributed by atoms with van der Waals surface area (Å²) >= 11 is 18.0. The average molecular weight is 389 g/mol. The monoisotopic (exact) mass is 387 g/mol. The Hall–Kier alpha value is -1.33.